The molecule has 1 fully saturated rings. The van der Waals surface area contributed by atoms with Gasteiger partial charge in [0, 0.05) is 21.6 Å². The fourth-order valence-electron chi connectivity index (χ4n) is 4.49. The van der Waals surface area contributed by atoms with Crippen LogP contribution < -0.4 is 9.80 Å². The number of carbonyl (C=O) groups excluding carboxylic acids is 4. The lowest BCUT2D eigenvalue weighted by Crippen LogP contribution is -2.29. The molecular formula is C30H23Br2N3O6S. The maximum absolute atomic E-state index is 14.1. The fraction of sp³-hybridized carbons (Fsp3) is 0.167. The second kappa shape index (κ2) is 12.2. The molecule has 3 aromatic rings. The van der Waals surface area contributed by atoms with Crippen molar-refractivity contribution in [1.29, 1.82) is 0 Å². The molecule has 2 amide bonds. The predicted molar refractivity (Wildman–Crippen MR) is 169 cm³/mol. The zero-order chi connectivity index (χ0) is 30.1. The van der Waals surface area contributed by atoms with Gasteiger partial charge >= 0.3 is 11.9 Å². The van der Waals surface area contributed by atoms with Crippen molar-refractivity contribution < 1.29 is 28.7 Å². The van der Waals surface area contributed by atoms with Gasteiger partial charge in [0.1, 0.15) is 0 Å². The van der Waals surface area contributed by atoms with Crippen molar-refractivity contribution in [3.8, 4) is 0 Å². The standard InChI is InChI=1S/C30H23Br2N3O6S/c1-4-40-28(38)16-6-10-19(11-7-16)33-30-35(20-12-8-17(9-13-20)29(39)41-5-2)27(37)25(42-30)23-21-14-18(31)15-22(32)24(21)34(3)26(23)36/h6-15H,4-5H2,1-3H3/b25-23-,33-30?. The van der Waals surface area contributed by atoms with Crippen molar-refractivity contribution in [1.82, 2.24) is 0 Å². The van der Waals surface area contributed by atoms with Crippen LogP contribution in [0.25, 0.3) is 5.57 Å². The topological polar surface area (TPSA) is 106 Å². The second-order valence-corrected chi connectivity index (χ2v) is 11.8. The van der Waals surface area contributed by atoms with Gasteiger partial charge in [-0.15, -0.1) is 0 Å². The fourth-order valence-corrected chi connectivity index (χ4v) is 7.07. The number of ether oxygens (including phenoxy) is 2. The van der Waals surface area contributed by atoms with E-state index in [1.54, 1.807) is 75.5 Å². The summed E-state index contributed by atoms with van der Waals surface area (Å²) < 4.78 is 11.6. The number of fused-ring (bicyclic) bond motifs is 1. The molecule has 2 aliphatic rings. The van der Waals surface area contributed by atoms with Crippen LogP contribution >= 0.6 is 43.6 Å². The Morgan fingerprint density at radius 2 is 1.43 bits per heavy atom. The lowest BCUT2D eigenvalue weighted by Gasteiger charge is -2.16. The highest BCUT2D eigenvalue weighted by Crippen LogP contribution is 2.48. The molecule has 3 aromatic carbocycles. The van der Waals surface area contributed by atoms with Gasteiger partial charge in [-0.25, -0.2) is 14.6 Å². The highest BCUT2D eigenvalue weighted by atomic mass is 79.9. The summed E-state index contributed by atoms with van der Waals surface area (Å²) in [6.45, 7) is 3.95. The van der Waals surface area contributed by atoms with E-state index < -0.39 is 17.8 Å². The number of halogens is 2. The summed E-state index contributed by atoms with van der Waals surface area (Å²) in [5.41, 5.74) is 3.17. The molecule has 0 unspecified atom stereocenters. The van der Waals surface area contributed by atoms with Crippen molar-refractivity contribution >= 4 is 95.2 Å². The lowest BCUT2D eigenvalue weighted by molar-refractivity contribution is -0.115. The highest BCUT2D eigenvalue weighted by Gasteiger charge is 2.43. The molecule has 0 aromatic heterocycles. The molecule has 0 saturated carbocycles. The first-order chi connectivity index (χ1) is 20.1. The highest BCUT2D eigenvalue weighted by molar-refractivity contribution is 9.11. The monoisotopic (exact) mass is 711 g/mol. The zero-order valence-electron chi connectivity index (χ0n) is 22.6. The van der Waals surface area contributed by atoms with Crippen molar-refractivity contribution in [2.24, 2.45) is 4.99 Å². The van der Waals surface area contributed by atoms with Crippen LogP contribution in [0, 0.1) is 0 Å². The van der Waals surface area contributed by atoms with Crippen LogP contribution in [0.4, 0.5) is 17.1 Å². The molecule has 214 valence electrons. The van der Waals surface area contributed by atoms with Gasteiger partial charge in [0.15, 0.2) is 5.17 Å². The number of carbonyl (C=O) groups is 4. The first-order valence-electron chi connectivity index (χ1n) is 12.8. The number of nitrogens with zero attached hydrogens (tertiary/aromatic N) is 3. The molecule has 0 bridgehead atoms. The average Bonchev–Trinajstić information content (AvgIpc) is 3.40. The van der Waals surface area contributed by atoms with Gasteiger partial charge in [0.2, 0.25) is 0 Å². The molecule has 2 aliphatic heterocycles. The van der Waals surface area contributed by atoms with Crippen molar-refractivity contribution in [3.05, 3.63) is 91.2 Å². The van der Waals surface area contributed by atoms with Gasteiger partial charge in [-0.2, -0.15) is 0 Å². The van der Waals surface area contributed by atoms with E-state index in [2.05, 4.69) is 31.9 Å². The Bertz CT molecular complexity index is 1690. The first-order valence-corrected chi connectivity index (χ1v) is 15.2. The van der Waals surface area contributed by atoms with E-state index in [0.717, 1.165) is 16.2 Å². The number of amidine groups is 1. The number of thioether (sulfide) groups is 1. The average molecular weight is 713 g/mol. The van der Waals surface area contributed by atoms with Gasteiger partial charge in [-0.05, 0) is 102 Å². The summed E-state index contributed by atoms with van der Waals surface area (Å²) >= 11 is 8.10. The van der Waals surface area contributed by atoms with Crippen LogP contribution in [0.3, 0.4) is 0 Å². The maximum atomic E-state index is 14.1. The van der Waals surface area contributed by atoms with Crippen LogP contribution in [0.5, 0.6) is 0 Å². The quantitative estimate of drug-likeness (QED) is 0.206. The minimum absolute atomic E-state index is 0.215. The minimum atomic E-state index is -0.475. The molecule has 42 heavy (non-hydrogen) atoms. The molecular weight excluding hydrogens is 690 g/mol. The molecule has 0 atom stereocenters. The summed E-state index contributed by atoms with van der Waals surface area (Å²) in [4.78, 5) is 59.7. The van der Waals surface area contributed by atoms with E-state index in [1.165, 1.54) is 9.80 Å². The summed E-state index contributed by atoms with van der Waals surface area (Å²) in [6, 6.07) is 16.5. The van der Waals surface area contributed by atoms with Crippen LogP contribution in [-0.2, 0) is 19.1 Å². The molecule has 2 heterocycles. The number of aliphatic imine (C=N–C) groups is 1. The predicted octanol–water partition coefficient (Wildman–Crippen LogP) is 6.72. The number of hydrogen-bond donors (Lipinski definition) is 0. The van der Waals surface area contributed by atoms with E-state index in [0.29, 0.717) is 43.4 Å². The van der Waals surface area contributed by atoms with E-state index in [4.69, 9.17) is 14.5 Å². The van der Waals surface area contributed by atoms with Crippen LogP contribution in [0.15, 0.2) is 79.5 Å². The number of hydrogen-bond acceptors (Lipinski definition) is 8. The Morgan fingerprint density at radius 3 is 2.00 bits per heavy atom. The van der Waals surface area contributed by atoms with E-state index >= 15 is 0 Å². The molecule has 9 nitrogen and oxygen atoms in total. The molecule has 1 saturated heterocycles. The normalized spacial score (nSPS) is 17.2. The van der Waals surface area contributed by atoms with E-state index in [-0.39, 0.29) is 29.6 Å². The maximum Gasteiger partial charge on any atom is 0.338 e. The second-order valence-electron chi connectivity index (χ2n) is 9.02. The SMILES string of the molecule is CCOC(=O)c1ccc(N=C2S/C(=C3\C(=O)N(C)c4c(Br)cc(Br)cc43)C(=O)N2c2ccc(C(=O)OCC)cc2)cc1. The molecule has 5 rings (SSSR count). The van der Waals surface area contributed by atoms with Gasteiger partial charge < -0.3 is 14.4 Å². The molecule has 0 spiro atoms. The zero-order valence-corrected chi connectivity index (χ0v) is 26.6. The van der Waals surface area contributed by atoms with Gasteiger partial charge in [0.05, 0.1) is 51.9 Å². The van der Waals surface area contributed by atoms with E-state index in [1.807, 2.05) is 6.07 Å². The Labute approximate surface area is 262 Å². The van der Waals surface area contributed by atoms with Crippen molar-refractivity contribution in [2.45, 2.75) is 13.8 Å². The van der Waals surface area contributed by atoms with Crippen molar-refractivity contribution in [2.75, 3.05) is 30.1 Å². The summed E-state index contributed by atoms with van der Waals surface area (Å²) in [5, 5.41) is 0.299. The van der Waals surface area contributed by atoms with Crippen LogP contribution in [-0.4, -0.2) is 49.2 Å². The molecule has 12 heteroatoms. The lowest BCUT2D eigenvalue weighted by atomic mass is 10.1. The largest absolute Gasteiger partial charge is 0.462 e. The van der Waals surface area contributed by atoms with Gasteiger partial charge in [-0.1, -0.05) is 15.9 Å². The Kier molecular flexibility index (Phi) is 8.67. The number of rotatable bonds is 6. The Hall–Kier alpha value is -3.74. The number of benzene rings is 3. The number of amides is 2. The smallest absolute Gasteiger partial charge is 0.338 e. The Balaban J connectivity index is 1.62. The number of anilines is 2. The third-order valence-corrected chi connectivity index (χ3v) is 8.50. The van der Waals surface area contributed by atoms with E-state index in [9.17, 15) is 19.2 Å². The summed E-state index contributed by atoms with van der Waals surface area (Å²) in [7, 11) is 1.66. The number of esters is 2. The van der Waals surface area contributed by atoms with Crippen LogP contribution in [0.1, 0.15) is 40.1 Å². The minimum Gasteiger partial charge on any atom is -0.462 e. The molecule has 0 radical (unpaired) electrons. The van der Waals surface area contributed by atoms with Gasteiger partial charge in [-0.3, -0.25) is 14.5 Å². The molecule has 0 aliphatic carbocycles. The van der Waals surface area contributed by atoms with Crippen LogP contribution in [0.2, 0.25) is 0 Å². The third-order valence-electron chi connectivity index (χ3n) is 6.40. The molecule has 0 N–H and O–H groups in total. The van der Waals surface area contributed by atoms with Gasteiger partial charge in [0.25, 0.3) is 11.8 Å². The third kappa shape index (κ3) is 5.53. The van der Waals surface area contributed by atoms with Crippen molar-refractivity contribution in [3.63, 3.8) is 0 Å². The first kappa shape index (κ1) is 29.7. The number of likely N-dealkylation sites (N-methyl/N-ethyl adjacent to an activating group) is 1. The summed E-state index contributed by atoms with van der Waals surface area (Å²) in [6.07, 6.45) is 0. The summed E-state index contributed by atoms with van der Waals surface area (Å²) in [5.74, 6) is -1.68. The Morgan fingerprint density at radius 1 is 0.857 bits per heavy atom.